The molecule has 4 rings (SSSR count). The van der Waals surface area contributed by atoms with Crippen LogP contribution in [0.1, 0.15) is 37.7 Å². The largest absolute Gasteiger partial charge is 0.481 e. The third-order valence-electron chi connectivity index (χ3n) is 5.51. The molecule has 2 aliphatic rings. The summed E-state index contributed by atoms with van der Waals surface area (Å²) in [5, 5.41) is 14.2. The SMILES string of the molecule is O=C(O)C12CCC(NCc3cccc4ccoc34)(CC1)C2. The van der Waals surface area contributed by atoms with Crippen molar-refractivity contribution in [3.05, 3.63) is 36.1 Å². The van der Waals surface area contributed by atoms with Gasteiger partial charge in [-0.2, -0.15) is 0 Å². The van der Waals surface area contributed by atoms with Gasteiger partial charge >= 0.3 is 5.97 Å². The first kappa shape index (κ1) is 12.9. The van der Waals surface area contributed by atoms with Gasteiger partial charge < -0.3 is 14.8 Å². The van der Waals surface area contributed by atoms with Crippen molar-refractivity contribution in [3.63, 3.8) is 0 Å². The number of carboxylic acid groups (broad SMARTS) is 1. The molecule has 2 bridgehead atoms. The van der Waals surface area contributed by atoms with Crippen molar-refractivity contribution >= 4 is 16.9 Å². The Bertz CT molecular complexity index is 695. The number of nitrogens with one attached hydrogen (secondary N) is 1. The second-order valence-electron chi connectivity index (χ2n) is 6.65. The van der Waals surface area contributed by atoms with Crippen molar-refractivity contribution in [2.24, 2.45) is 5.41 Å². The summed E-state index contributed by atoms with van der Waals surface area (Å²) < 4.78 is 5.57. The van der Waals surface area contributed by atoms with Gasteiger partial charge in [-0.25, -0.2) is 0 Å². The van der Waals surface area contributed by atoms with Crippen molar-refractivity contribution in [2.45, 2.75) is 44.2 Å². The van der Waals surface area contributed by atoms with E-state index in [1.165, 1.54) is 0 Å². The number of hydrogen-bond acceptors (Lipinski definition) is 3. The van der Waals surface area contributed by atoms with E-state index in [2.05, 4.69) is 11.4 Å². The molecule has 2 saturated carbocycles. The highest BCUT2D eigenvalue weighted by molar-refractivity contribution is 5.80. The molecule has 110 valence electrons. The van der Waals surface area contributed by atoms with Crippen LogP contribution < -0.4 is 5.32 Å². The standard InChI is InChI=1S/C17H19NO3/c19-15(20)16-5-7-17(11-16,8-6-16)18-10-13-3-1-2-12-4-9-21-14(12)13/h1-4,9,18H,5-8,10-11H2,(H,19,20). The molecule has 21 heavy (non-hydrogen) atoms. The second kappa shape index (κ2) is 4.34. The normalized spacial score (nSPS) is 31.0. The highest BCUT2D eigenvalue weighted by Crippen LogP contribution is 2.56. The first-order valence-electron chi connectivity index (χ1n) is 7.56. The van der Waals surface area contributed by atoms with Gasteiger partial charge in [0.1, 0.15) is 5.58 Å². The van der Waals surface area contributed by atoms with Crippen LogP contribution in [0.25, 0.3) is 11.0 Å². The number of fused-ring (bicyclic) bond motifs is 3. The summed E-state index contributed by atoms with van der Waals surface area (Å²) in [6, 6.07) is 8.13. The maximum Gasteiger partial charge on any atom is 0.309 e. The predicted octanol–water partition coefficient (Wildman–Crippen LogP) is 3.31. The van der Waals surface area contributed by atoms with Gasteiger partial charge in [0.2, 0.25) is 0 Å². The number of rotatable bonds is 4. The lowest BCUT2D eigenvalue weighted by Gasteiger charge is -2.28. The third kappa shape index (κ3) is 1.89. The Labute approximate surface area is 123 Å². The molecular formula is C17H19NO3. The molecule has 4 heteroatoms. The molecular weight excluding hydrogens is 266 g/mol. The number of carbonyl (C=O) groups is 1. The number of aliphatic carboxylic acids is 1. The summed E-state index contributed by atoms with van der Waals surface area (Å²) >= 11 is 0. The molecule has 0 atom stereocenters. The number of carboxylic acids is 1. The molecule has 2 fully saturated rings. The Morgan fingerprint density at radius 1 is 1.24 bits per heavy atom. The molecule has 1 aromatic carbocycles. The van der Waals surface area contributed by atoms with E-state index in [1.807, 2.05) is 18.2 Å². The van der Waals surface area contributed by atoms with E-state index >= 15 is 0 Å². The summed E-state index contributed by atoms with van der Waals surface area (Å²) in [7, 11) is 0. The molecule has 0 spiro atoms. The van der Waals surface area contributed by atoms with Crippen LogP contribution in [-0.2, 0) is 11.3 Å². The van der Waals surface area contributed by atoms with Gasteiger partial charge in [0.05, 0.1) is 11.7 Å². The van der Waals surface area contributed by atoms with Gasteiger partial charge in [-0.05, 0) is 38.2 Å². The van der Waals surface area contributed by atoms with Crippen LogP contribution in [0.4, 0.5) is 0 Å². The average molecular weight is 285 g/mol. The second-order valence-corrected chi connectivity index (χ2v) is 6.65. The maximum atomic E-state index is 11.5. The lowest BCUT2D eigenvalue weighted by Crippen LogP contribution is -2.40. The van der Waals surface area contributed by atoms with Crippen LogP contribution in [0.15, 0.2) is 34.9 Å². The lowest BCUT2D eigenvalue weighted by atomic mass is 9.84. The van der Waals surface area contributed by atoms with Crippen molar-refractivity contribution in [1.29, 1.82) is 0 Å². The smallest absolute Gasteiger partial charge is 0.309 e. The summed E-state index contributed by atoms with van der Waals surface area (Å²) in [4.78, 5) is 11.5. The van der Waals surface area contributed by atoms with Gasteiger partial charge in [-0.15, -0.1) is 0 Å². The highest BCUT2D eigenvalue weighted by atomic mass is 16.4. The van der Waals surface area contributed by atoms with Crippen LogP contribution in [0, 0.1) is 5.41 Å². The monoisotopic (exact) mass is 285 g/mol. The van der Waals surface area contributed by atoms with Gasteiger partial charge in [0.15, 0.2) is 0 Å². The fourth-order valence-corrected chi connectivity index (χ4v) is 4.21. The Morgan fingerprint density at radius 2 is 2.05 bits per heavy atom. The highest BCUT2D eigenvalue weighted by Gasteiger charge is 2.58. The topological polar surface area (TPSA) is 62.5 Å². The summed E-state index contributed by atoms with van der Waals surface area (Å²) in [5.41, 5.74) is 1.62. The summed E-state index contributed by atoms with van der Waals surface area (Å²) in [6.07, 6.45) is 6.03. The van der Waals surface area contributed by atoms with Gasteiger partial charge in [0.25, 0.3) is 0 Å². The van der Waals surface area contributed by atoms with Crippen molar-refractivity contribution in [2.75, 3.05) is 0 Å². The zero-order valence-corrected chi connectivity index (χ0v) is 11.9. The molecule has 4 nitrogen and oxygen atoms in total. The summed E-state index contributed by atoms with van der Waals surface area (Å²) in [5.74, 6) is -0.614. The molecule has 2 N–H and O–H groups in total. The van der Waals surface area contributed by atoms with Crippen LogP contribution >= 0.6 is 0 Å². The molecule has 1 aromatic heterocycles. The Balaban J connectivity index is 1.53. The fraction of sp³-hybridized carbons (Fsp3) is 0.471. The fourth-order valence-electron chi connectivity index (χ4n) is 4.21. The Morgan fingerprint density at radius 3 is 2.76 bits per heavy atom. The molecule has 2 aliphatic carbocycles. The molecule has 0 saturated heterocycles. The number of hydrogen-bond donors (Lipinski definition) is 2. The van der Waals surface area contributed by atoms with E-state index in [1.54, 1.807) is 6.26 Å². The minimum Gasteiger partial charge on any atom is -0.481 e. The number of para-hydroxylation sites is 1. The minimum atomic E-state index is -0.614. The zero-order chi connectivity index (χ0) is 14.5. The first-order valence-corrected chi connectivity index (χ1v) is 7.56. The quantitative estimate of drug-likeness (QED) is 0.904. The molecule has 0 amide bonds. The van der Waals surface area contributed by atoms with Gasteiger partial charge in [-0.3, -0.25) is 4.79 Å². The Hall–Kier alpha value is -1.81. The Kier molecular flexibility index (Phi) is 2.67. The summed E-state index contributed by atoms with van der Waals surface area (Å²) in [6.45, 7) is 0.737. The van der Waals surface area contributed by atoms with Gasteiger partial charge in [-0.1, -0.05) is 18.2 Å². The van der Waals surface area contributed by atoms with E-state index in [4.69, 9.17) is 4.42 Å². The van der Waals surface area contributed by atoms with E-state index < -0.39 is 11.4 Å². The van der Waals surface area contributed by atoms with Crippen LogP contribution in [0.2, 0.25) is 0 Å². The first-order chi connectivity index (χ1) is 10.1. The third-order valence-corrected chi connectivity index (χ3v) is 5.51. The van der Waals surface area contributed by atoms with Crippen molar-refractivity contribution in [1.82, 2.24) is 5.32 Å². The molecule has 0 unspecified atom stereocenters. The van der Waals surface area contributed by atoms with Crippen LogP contribution in [-0.4, -0.2) is 16.6 Å². The van der Waals surface area contributed by atoms with E-state index in [0.717, 1.165) is 55.2 Å². The van der Waals surface area contributed by atoms with Crippen LogP contribution in [0.5, 0.6) is 0 Å². The van der Waals surface area contributed by atoms with E-state index in [9.17, 15) is 9.90 Å². The van der Waals surface area contributed by atoms with Crippen LogP contribution in [0.3, 0.4) is 0 Å². The van der Waals surface area contributed by atoms with Crippen molar-refractivity contribution in [3.8, 4) is 0 Å². The predicted molar refractivity (Wildman–Crippen MR) is 78.9 cm³/mol. The number of furan rings is 1. The zero-order valence-electron chi connectivity index (χ0n) is 11.9. The molecule has 0 radical (unpaired) electrons. The van der Waals surface area contributed by atoms with Gasteiger partial charge in [0, 0.05) is 23.0 Å². The van der Waals surface area contributed by atoms with Crippen molar-refractivity contribution < 1.29 is 14.3 Å². The van der Waals surface area contributed by atoms with E-state index in [0.29, 0.717) is 0 Å². The average Bonchev–Trinajstić information content (AvgIpc) is 3.19. The molecule has 2 aromatic rings. The molecule has 1 heterocycles. The maximum absolute atomic E-state index is 11.5. The van der Waals surface area contributed by atoms with E-state index in [-0.39, 0.29) is 5.54 Å². The minimum absolute atomic E-state index is 0.00709. The lowest BCUT2D eigenvalue weighted by molar-refractivity contribution is -0.148. The number of benzene rings is 1. The molecule has 0 aliphatic heterocycles.